The van der Waals surface area contributed by atoms with E-state index in [0.717, 1.165) is 24.4 Å². The summed E-state index contributed by atoms with van der Waals surface area (Å²) in [7, 11) is 0. The molecule has 1 atom stereocenters. The Morgan fingerprint density at radius 1 is 1.30 bits per heavy atom. The zero-order valence-electron chi connectivity index (χ0n) is 11.1. The molecule has 4 nitrogen and oxygen atoms in total. The maximum atomic E-state index is 5.72. The van der Waals surface area contributed by atoms with Crippen molar-refractivity contribution in [1.82, 2.24) is 10.4 Å². The zero-order chi connectivity index (χ0) is 14.7. The molecule has 0 aliphatic carbocycles. The molecule has 108 valence electrons. The normalized spacial score (nSPS) is 12.7. The first-order chi connectivity index (χ1) is 9.51. The second kappa shape index (κ2) is 7.00. The summed E-state index contributed by atoms with van der Waals surface area (Å²) in [6, 6.07) is 3.85. The molecule has 0 aromatic carbocycles. The summed E-state index contributed by atoms with van der Waals surface area (Å²) in [4.78, 5) is 4.22. The number of nitrogens with zero attached hydrogens (tertiary/aromatic N) is 1. The van der Waals surface area contributed by atoms with Gasteiger partial charge in [-0.05, 0) is 63.4 Å². The van der Waals surface area contributed by atoms with Gasteiger partial charge in [-0.2, -0.15) is 0 Å². The average Bonchev–Trinajstić information content (AvgIpc) is 2.69. The van der Waals surface area contributed by atoms with Gasteiger partial charge in [0.25, 0.3) is 0 Å². The summed E-state index contributed by atoms with van der Waals surface area (Å²) in [6.45, 7) is 3.97. The molecular formula is C13H15Br2N3OS. The van der Waals surface area contributed by atoms with Crippen LogP contribution in [0.1, 0.15) is 31.0 Å². The third kappa shape index (κ3) is 3.79. The topological polar surface area (TPSA) is 60.2 Å². The van der Waals surface area contributed by atoms with Gasteiger partial charge in [-0.25, -0.2) is 5.43 Å². The van der Waals surface area contributed by atoms with Crippen molar-refractivity contribution in [2.75, 3.05) is 0 Å². The van der Waals surface area contributed by atoms with Crippen LogP contribution in [0.3, 0.4) is 0 Å². The molecule has 1 unspecified atom stereocenters. The molecule has 0 aliphatic heterocycles. The van der Waals surface area contributed by atoms with Crippen LogP contribution in [0.15, 0.2) is 32.1 Å². The third-order valence-corrected chi connectivity index (χ3v) is 4.99. The van der Waals surface area contributed by atoms with E-state index in [1.807, 2.05) is 26.0 Å². The van der Waals surface area contributed by atoms with Gasteiger partial charge in [0.1, 0.15) is 5.75 Å². The van der Waals surface area contributed by atoms with Crippen molar-refractivity contribution < 1.29 is 4.74 Å². The molecule has 0 fully saturated rings. The Hall–Kier alpha value is -0.470. The number of thiophene rings is 1. The van der Waals surface area contributed by atoms with Crippen LogP contribution >= 0.6 is 43.2 Å². The van der Waals surface area contributed by atoms with Gasteiger partial charge in [0, 0.05) is 11.8 Å². The minimum absolute atomic E-state index is 0.110. The second-order valence-electron chi connectivity index (χ2n) is 4.50. The summed E-state index contributed by atoms with van der Waals surface area (Å²) >= 11 is 8.64. The van der Waals surface area contributed by atoms with Gasteiger partial charge in [0.15, 0.2) is 0 Å². The van der Waals surface area contributed by atoms with Crippen molar-refractivity contribution in [3.05, 3.63) is 43.2 Å². The summed E-state index contributed by atoms with van der Waals surface area (Å²) in [5.74, 6) is 6.46. The second-order valence-corrected chi connectivity index (χ2v) is 8.25. The minimum atomic E-state index is -0.143. The summed E-state index contributed by atoms with van der Waals surface area (Å²) in [5, 5.41) is 0. The van der Waals surface area contributed by atoms with Gasteiger partial charge < -0.3 is 4.74 Å². The van der Waals surface area contributed by atoms with E-state index in [0.29, 0.717) is 0 Å². The van der Waals surface area contributed by atoms with Crippen molar-refractivity contribution in [2.45, 2.75) is 26.0 Å². The quantitative estimate of drug-likeness (QED) is 0.566. The highest BCUT2D eigenvalue weighted by atomic mass is 79.9. The average molecular weight is 421 g/mol. The van der Waals surface area contributed by atoms with Crippen molar-refractivity contribution in [1.29, 1.82) is 0 Å². The highest BCUT2D eigenvalue weighted by Crippen LogP contribution is 2.37. The van der Waals surface area contributed by atoms with Gasteiger partial charge in [-0.3, -0.25) is 10.8 Å². The first-order valence-corrected chi connectivity index (χ1v) is 8.44. The fourth-order valence-electron chi connectivity index (χ4n) is 1.85. The maximum absolute atomic E-state index is 5.72. The number of hydrogen-bond donors (Lipinski definition) is 2. The van der Waals surface area contributed by atoms with E-state index in [1.54, 1.807) is 23.7 Å². The fraction of sp³-hybridized carbons (Fsp3) is 0.308. The molecule has 3 N–H and O–H groups in total. The van der Waals surface area contributed by atoms with Crippen LogP contribution in [-0.2, 0) is 0 Å². The monoisotopic (exact) mass is 419 g/mol. The lowest BCUT2D eigenvalue weighted by atomic mass is 10.0. The van der Waals surface area contributed by atoms with Crippen LogP contribution in [-0.4, -0.2) is 11.1 Å². The van der Waals surface area contributed by atoms with Gasteiger partial charge in [0.2, 0.25) is 0 Å². The molecule has 0 saturated heterocycles. The molecule has 0 radical (unpaired) electrons. The molecule has 0 amide bonds. The molecule has 20 heavy (non-hydrogen) atoms. The lowest BCUT2D eigenvalue weighted by molar-refractivity contribution is 0.241. The predicted molar refractivity (Wildman–Crippen MR) is 88.9 cm³/mol. The number of nitrogens with two attached hydrogens (primary N) is 1. The van der Waals surface area contributed by atoms with E-state index in [4.69, 9.17) is 10.6 Å². The first kappa shape index (κ1) is 15.9. The predicted octanol–water partition coefficient (Wildman–Crippen LogP) is 4.01. The molecule has 0 spiro atoms. The number of ether oxygens (including phenoxy) is 1. The zero-order valence-corrected chi connectivity index (χ0v) is 15.0. The van der Waals surface area contributed by atoms with Crippen molar-refractivity contribution in [3.8, 4) is 5.75 Å². The summed E-state index contributed by atoms with van der Waals surface area (Å²) in [6.07, 6.45) is 3.60. The van der Waals surface area contributed by atoms with Crippen molar-refractivity contribution >= 4 is 43.2 Å². The molecule has 2 heterocycles. The van der Waals surface area contributed by atoms with Crippen LogP contribution < -0.4 is 16.0 Å². The molecule has 0 saturated carbocycles. The first-order valence-electron chi connectivity index (χ1n) is 6.03. The number of halogens is 2. The van der Waals surface area contributed by atoms with Crippen LogP contribution in [0.5, 0.6) is 5.75 Å². The number of aromatic nitrogens is 1. The van der Waals surface area contributed by atoms with E-state index in [2.05, 4.69) is 42.3 Å². The lowest BCUT2D eigenvalue weighted by Crippen LogP contribution is -2.28. The highest BCUT2D eigenvalue weighted by molar-refractivity contribution is 9.12. The highest BCUT2D eigenvalue weighted by Gasteiger charge is 2.19. The minimum Gasteiger partial charge on any atom is -0.489 e. The number of hydrogen-bond acceptors (Lipinski definition) is 5. The number of pyridine rings is 1. The SMILES string of the molecule is CC(C)Oc1cncc(C(NN)c2cc(Br)sc2Br)c1. The van der Waals surface area contributed by atoms with Gasteiger partial charge >= 0.3 is 0 Å². The molecule has 2 aromatic rings. The van der Waals surface area contributed by atoms with Crippen LogP contribution in [0.2, 0.25) is 0 Å². The third-order valence-electron chi connectivity index (χ3n) is 2.60. The van der Waals surface area contributed by atoms with Gasteiger partial charge in [0.05, 0.1) is 25.9 Å². The Morgan fingerprint density at radius 2 is 2.05 bits per heavy atom. The number of nitrogens with one attached hydrogen (secondary N) is 1. The number of rotatable bonds is 5. The Balaban J connectivity index is 2.34. The molecule has 2 aromatic heterocycles. The smallest absolute Gasteiger partial charge is 0.138 e. The number of hydrazine groups is 1. The van der Waals surface area contributed by atoms with Crippen molar-refractivity contribution in [2.24, 2.45) is 5.84 Å². The Morgan fingerprint density at radius 3 is 2.60 bits per heavy atom. The Bertz CT molecular complexity index is 589. The molecule has 0 aliphatic rings. The fourth-order valence-corrected chi connectivity index (χ4v) is 4.75. The van der Waals surface area contributed by atoms with Crippen LogP contribution in [0, 0.1) is 0 Å². The molecule has 2 rings (SSSR count). The van der Waals surface area contributed by atoms with Crippen LogP contribution in [0.25, 0.3) is 0 Å². The maximum Gasteiger partial charge on any atom is 0.138 e. The largest absolute Gasteiger partial charge is 0.489 e. The van der Waals surface area contributed by atoms with Crippen molar-refractivity contribution in [3.63, 3.8) is 0 Å². The van der Waals surface area contributed by atoms with Gasteiger partial charge in [-0.15, -0.1) is 11.3 Å². The van der Waals surface area contributed by atoms with E-state index < -0.39 is 0 Å². The molecule has 0 bridgehead atoms. The molecular weight excluding hydrogens is 406 g/mol. The summed E-state index contributed by atoms with van der Waals surface area (Å²) in [5.41, 5.74) is 4.85. The Labute approximate surface area is 139 Å². The van der Waals surface area contributed by atoms with E-state index in [9.17, 15) is 0 Å². The lowest BCUT2D eigenvalue weighted by Gasteiger charge is -2.17. The Kier molecular flexibility index (Phi) is 5.57. The van der Waals surface area contributed by atoms with E-state index in [1.165, 1.54) is 0 Å². The van der Waals surface area contributed by atoms with Gasteiger partial charge in [-0.1, -0.05) is 0 Å². The molecule has 7 heteroatoms. The van der Waals surface area contributed by atoms with E-state index in [-0.39, 0.29) is 12.1 Å². The summed E-state index contributed by atoms with van der Waals surface area (Å²) < 4.78 is 7.75. The van der Waals surface area contributed by atoms with E-state index >= 15 is 0 Å². The standard InChI is InChI=1S/C13H15Br2N3OS/c1-7(2)19-9-3-8(5-17-6-9)12(18-16)10-4-11(14)20-13(10)15/h3-7,12,18H,16H2,1-2H3. The van der Waals surface area contributed by atoms with Crippen LogP contribution in [0.4, 0.5) is 0 Å².